The fourth-order valence-corrected chi connectivity index (χ4v) is 7.43. The van der Waals surface area contributed by atoms with Crippen LogP contribution in [0.25, 0.3) is 22.0 Å². The molecule has 0 amide bonds. The van der Waals surface area contributed by atoms with Crippen LogP contribution in [0.3, 0.4) is 0 Å². The number of esters is 1. The summed E-state index contributed by atoms with van der Waals surface area (Å²) in [5.41, 5.74) is 4.25. The lowest BCUT2D eigenvalue weighted by Gasteiger charge is -2.27. The van der Waals surface area contributed by atoms with Gasteiger partial charge in [0.1, 0.15) is 22.2 Å². The summed E-state index contributed by atoms with van der Waals surface area (Å²) in [4.78, 5) is 23.5. The van der Waals surface area contributed by atoms with E-state index < -0.39 is 21.8 Å². The minimum Gasteiger partial charge on any atom is -0.497 e. The fourth-order valence-electron chi connectivity index (χ4n) is 6.30. The number of benzene rings is 3. The molecule has 0 aliphatic carbocycles. The summed E-state index contributed by atoms with van der Waals surface area (Å²) < 4.78 is 68.7. The first-order chi connectivity index (χ1) is 24.7. The Morgan fingerprint density at radius 1 is 0.980 bits per heavy atom. The Morgan fingerprint density at radius 2 is 1.78 bits per heavy atom. The summed E-state index contributed by atoms with van der Waals surface area (Å²) in [5.74, 6) is -0.0152. The van der Waals surface area contributed by atoms with Crippen molar-refractivity contribution in [3.8, 4) is 22.6 Å². The summed E-state index contributed by atoms with van der Waals surface area (Å²) in [7, 11) is -1.45. The van der Waals surface area contributed by atoms with Crippen LogP contribution < -0.4 is 19.5 Å². The zero-order chi connectivity index (χ0) is 35.5. The zero-order valence-electron chi connectivity index (χ0n) is 28.1. The third-order valence-corrected chi connectivity index (χ3v) is 10.3. The molecular formula is C37H36FN5O7S. The van der Waals surface area contributed by atoms with Crippen molar-refractivity contribution in [3.05, 3.63) is 101 Å². The third-order valence-electron chi connectivity index (χ3n) is 8.89. The van der Waals surface area contributed by atoms with Gasteiger partial charge in [0.25, 0.3) is 0 Å². The zero-order valence-corrected chi connectivity index (χ0v) is 28.9. The van der Waals surface area contributed by atoms with Crippen molar-refractivity contribution in [1.29, 1.82) is 0 Å². The molecule has 3 aromatic carbocycles. The Balaban J connectivity index is 1.33. The monoisotopic (exact) mass is 713 g/mol. The SMILES string of the molecule is COC(=O)c1cc(CN2CCOCC2)cc(Nc2c(S(=O)(=O)NCc3ccc(OC)cc3)cnc3cc(-c4cncc5c4OCC5)cc(F)c23)c1. The normalized spacial score (nSPS) is 14.6. The molecule has 1 fully saturated rings. The minimum absolute atomic E-state index is 0.0428. The van der Waals surface area contributed by atoms with Crippen molar-refractivity contribution in [2.75, 3.05) is 52.4 Å². The molecule has 0 radical (unpaired) electrons. The van der Waals surface area contributed by atoms with Gasteiger partial charge in [0.05, 0.1) is 56.2 Å². The molecule has 12 nitrogen and oxygen atoms in total. The molecule has 264 valence electrons. The van der Waals surface area contributed by atoms with E-state index in [1.165, 1.54) is 19.4 Å². The second kappa shape index (κ2) is 14.6. The van der Waals surface area contributed by atoms with E-state index in [9.17, 15) is 13.2 Å². The van der Waals surface area contributed by atoms with Gasteiger partial charge in [-0.3, -0.25) is 14.9 Å². The molecular weight excluding hydrogens is 678 g/mol. The molecule has 0 unspecified atom stereocenters. The number of fused-ring (bicyclic) bond motifs is 2. The smallest absolute Gasteiger partial charge is 0.337 e. The van der Waals surface area contributed by atoms with Crippen molar-refractivity contribution in [2.24, 2.45) is 0 Å². The summed E-state index contributed by atoms with van der Waals surface area (Å²) in [6, 6.07) is 15.0. The van der Waals surface area contributed by atoms with E-state index >= 15 is 4.39 Å². The highest BCUT2D eigenvalue weighted by molar-refractivity contribution is 7.89. The number of ether oxygens (including phenoxy) is 4. The number of methoxy groups -OCH3 is 2. The van der Waals surface area contributed by atoms with Crippen LogP contribution in [0.15, 0.2) is 78.1 Å². The molecule has 2 aliphatic heterocycles. The van der Waals surface area contributed by atoms with Gasteiger partial charge in [0.15, 0.2) is 0 Å². The predicted molar refractivity (Wildman–Crippen MR) is 188 cm³/mol. The Hall–Kier alpha value is -5.15. The highest BCUT2D eigenvalue weighted by Gasteiger charge is 2.26. The molecule has 1 saturated heterocycles. The van der Waals surface area contributed by atoms with Gasteiger partial charge < -0.3 is 24.3 Å². The van der Waals surface area contributed by atoms with E-state index in [1.807, 2.05) is 0 Å². The lowest BCUT2D eigenvalue weighted by Crippen LogP contribution is -2.35. The van der Waals surface area contributed by atoms with Crippen molar-refractivity contribution < 1.29 is 36.6 Å². The highest BCUT2D eigenvalue weighted by Crippen LogP contribution is 2.40. The molecule has 0 bridgehead atoms. The average molecular weight is 714 g/mol. The van der Waals surface area contributed by atoms with Crippen LogP contribution in [0.5, 0.6) is 11.5 Å². The first kappa shape index (κ1) is 34.3. The number of carbonyl (C=O) groups excluding carboxylic acids is 1. The topological polar surface area (TPSA) is 141 Å². The largest absolute Gasteiger partial charge is 0.497 e. The van der Waals surface area contributed by atoms with Crippen LogP contribution in [-0.2, 0) is 39.0 Å². The number of nitrogens with one attached hydrogen (secondary N) is 2. The number of aromatic nitrogens is 2. The lowest BCUT2D eigenvalue weighted by molar-refractivity contribution is 0.0341. The number of carbonyl (C=O) groups is 1. The van der Waals surface area contributed by atoms with Crippen LogP contribution in [-0.4, -0.2) is 76.4 Å². The number of rotatable bonds is 11. The molecule has 51 heavy (non-hydrogen) atoms. The van der Waals surface area contributed by atoms with Gasteiger partial charge in [-0.15, -0.1) is 0 Å². The van der Waals surface area contributed by atoms with E-state index in [4.69, 9.17) is 18.9 Å². The number of pyridine rings is 2. The van der Waals surface area contributed by atoms with Crippen LogP contribution in [0.2, 0.25) is 0 Å². The number of nitrogens with zero attached hydrogens (tertiary/aromatic N) is 3. The number of halogens is 1. The Labute approximate surface area is 294 Å². The molecule has 14 heteroatoms. The summed E-state index contributed by atoms with van der Waals surface area (Å²) >= 11 is 0. The Kier molecular flexibility index (Phi) is 9.82. The van der Waals surface area contributed by atoms with Crippen LogP contribution >= 0.6 is 0 Å². The molecule has 2 N–H and O–H groups in total. The van der Waals surface area contributed by atoms with E-state index in [-0.39, 0.29) is 33.6 Å². The Morgan fingerprint density at radius 3 is 2.55 bits per heavy atom. The highest BCUT2D eigenvalue weighted by atomic mass is 32.2. The minimum atomic E-state index is -4.28. The van der Waals surface area contributed by atoms with Gasteiger partial charge in [-0.25, -0.2) is 22.3 Å². The molecule has 2 aliphatic rings. The van der Waals surface area contributed by atoms with Gasteiger partial charge in [-0.05, 0) is 59.2 Å². The molecule has 0 saturated carbocycles. The van der Waals surface area contributed by atoms with E-state index in [2.05, 4.69) is 24.9 Å². The summed E-state index contributed by atoms with van der Waals surface area (Å²) in [5, 5.41) is 3.12. The molecule has 2 aromatic heterocycles. The van der Waals surface area contributed by atoms with Gasteiger partial charge in [-0.2, -0.15) is 0 Å². The van der Waals surface area contributed by atoms with Gasteiger partial charge in [0, 0.05) is 68.0 Å². The molecule has 7 rings (SSSR count). The average Bonchev–Trinajstić information content (AvgIpc) is 3.63. The first-order valence-electron chi connectivity index (χ1n) is 16.4. The van der Waals surface area contributed by atoms with Crippen molar-refractivity contribution in [3.63, 3.8) is 0 Å². The number of hydrogen-bond donors (Lipinski definition) is 2. The summed E-state index contributed by atoms with van der Waals surface area (Å²) in [6.07, 6.45) is 5.24. The maximum atomic E-state index is 16.5. The van der Waals surface area contributed by atoms with E-state index in [0.29, 0.717) is 79.8 Å². The van der Waals surface area contributed by atoms with Crippen molar-refractivity contribution in [2.45, 2.75) is 24.4 Å². The van der Waals surface area contributed by atoms with Crippen LogP contribution in [0.1, 0.15) is 27.0 Å². The molecule has 5 aromatic rings. The number of morpholine rings is 1. The lowest BCUT2D eigenvalue weighted by atomic mass is 10.0. The summed E-state index contributed by atoms with van der Waals surface area (Å²) in [6.45, 7) is 3.56. The third kappa shape index (κ3) is 7.35. The second-order valence-electron chi connectivity index (χ2n) is 12.2. The predicted octanol–water partition coefficient (Wildman–Crippen LogP) is 5.22. The van der Waals surface area contributed by atoms with Crippen molar-refractivity contribution >= 4 is 38.3 Å². The molecule has 0 spiro atoms. The van der Waals surface area contributed by atoms with Gasteiger partial charge in [0.2, 0.25) is 10.0 Å². The van der Waals surface area contributed by atoms with Crippen LogP contribution in [0.4, 0.5) is 15.8 Å². The quantitative estimate of drug-likeness (QED) is 0.174. The standard InChI is InChI=1S/C37H36FN5O7S/c1-47-29-5-3-23(4-6-29)18-41-51(45,46)33-21-40-32-17-26(30-20-39-19-25-7-10-50-36(25)30)16-31(38)34(32)35(33)42-28-14-24(13-27(15-28)37(44)48-2)22-43-8-11-49-12-9-43/h3-6,13-17,19-21,41H,7-12,18,22H2,1-2H3,(H,40,42). The van der Waals surface area contributed by atoms with Gasteiger partial charge >= 0.3 is 5.97 Å². The number of hydrogen-bond acceptors (Lipinski definition) is 11. The maximum Gasteiger partial charge on any atom is 0.337 e. The Bertz CT molecular complexity index is 2210. The van der Waals surface area contributed by atoms with E-state index in [0.717, 1.165) is 11.1 Å². The van der Waals surface area contributed by atoms with Crippen molar-refractivity contribution in [1.82, 2.24) is 19.6 Å². The number of sulfonamides is 1. The maximum absolute atomic E-state index is 16.5. The fraction of sp³-hybridized carbons (Fsp3) is 0.270. The van der Waals surface area contributed by atoms with Gasteiger partial charge in [-0.1, -0.05) is 12.1 Å². The van der Waals surface area contributed by atoms with Crippen LogP contribution in [0, 0.1) is 5.82 Å². The second-order valence-corrected chi connectivity index (χ2v) is 14.0. The number of anilines is 2. The first-order valence-corrected chi connectivity index (χ1v) is 17.8. The molecule has 4 heterocycles. The van der Waals surface area contributed by atoms with E-state index in [1.54, 1.807) is 68.0 Å². The molecule has 0 atom stereocenters.